The Kier molecular flexibility index (Phi) is 5.26. The molecule has 0 amide bonds. The van der Waals surface area contributed by atoms with Crippen molar-refractivity contribution in [3.05, 3.63) is 47.2 Å². The highest BCUT2D eigenvalue weighted by atomic mass is 19.1. The van der Waals surface area contributed by atoms with Crippen molar-refractivity contribution < 1.29 is 8.81 Å². The molecule has 1 heterocycles. The summed E-state index contributed by atoms with van der Waals surface area (Å²) in [5, 5.41) is 13.0. The Balaban J connectivity index is 2.16. The number of hydrazone groups is 1. The summed E-state index contributed by atoms with van der Waals surface area (Å²) in [5.74, 6) is 0.490. The maximum absolute atomic E-state index is 13.5. The lowest BCUT2D eigenvalue weighted by Gasteiger charge is -2.05. The molecule has 0 spiro atoms. The number of nitrogens with zero attached hydrogens (tertiary/aromatic N) is 3. The fourth-order valence-corrected chi connectivity index (χ4v) is 2.04. The summed E-state index contributed by atoms with van der Waals surface area (Å²) >= 11 is 0. The predicted octanol–water partition coefficient (Wildman–Crippen LogP) is 4.03. The van der Waals surface area contributed by atoms with Gasteiger partial charge >= 0.3 is 0 Å². The van der Waals surface area contributed by atoms with Crippen LogP contribution >= 0.6 is 0 Å². The molecule has 6 heteroatoms. The van der Waals surface area contributed by atoms with E-state index in [1.54, 1.807) is 18.2 Å². The van der Waals surface area contributed by atoms with Gasteiger partial charge in [-0.25, -0.2) is 14.8 Å². The van der Waals surface area contributed by atoms with E-state index in [4.69, 9.17) is 9.68 Å². The van der Waals surface area contributed by atoms with E-state index in [-0.39, 0.29) is 23.3 Å². The summed E-state index contributed by atoms with van der Waals surface area (Å²) in [5.41, 5.74) is 3.10. The number of nitrogens with one attached hydrogen (secondary N) is 1. The molecule has 0 fully saturated rings. The number of hydrogen-bond donors (Lipinski definition) is 1. The lowest BCUT2D eigenvalue weighted by atomic mass is 10.0. The van der Waals surface area contributed by atoms with Gasteiger partial charge in [0.15, 0.2) is 0 Å². The summed E-state index contributed by atoms with van der Waals surface area (Å²) in [6.07, 6.45) is 3.08. The Morgan fingerprint density at radius 2 is 2.14 bits per heavy atom. The van der Waals surface area contributed by atoms with E-state index in [0.29, 0.717) is 11.5 Å². The standard InChI is InChI=1S/C16H17FN4O/c1-3-11(4-2)15-20-14(9-18)16(22-15)21-19-10-12-7-5-6-8-13(12)17/h5-8,10-11,21H,3-4H2,1-2H3/b19-10+. The van der Waals surface area contributed by atoms with Crippen LogP contribution in [0.15, 0.2) is 33.8 Å². The molecule has 2 rings (SSSR count). The second kappa shape index (κ2) is 7.36. The lowest BCUT2D eigenvalue weighted by molar-refractivity contribution is 0.439. The molecule has 0 unspecified atom stereocenters. The van der Waals surface area contributed by atoms with Gasteiger partial charge in [-0.3, -0.25) is 0 Å². The third-order valence-electron chi connectivity index (χ3n) is 3.36. The van der Waals surface area contributed by atoms with Crippen LogP contribution in [0, 0.1) is 17.1 Å². The minimum atomic E-state index is -0.371. The molecule has 1 aromatic carbocycles. The fourth-order valence-electron chi connectivity index (χ4n) is 2.04. The molecule has 0 bridgehead atoms. The van der Waals surface area contributed by atoms with Gasteiger partial charge in [-0.15, -0.1) is 0 Å². The van der Waals surface area contributed by atoms with Crippen molar-refractivity contribution in [2.24, 2.45) is 5.10 Å². The van der Waals surface area contributed by atoms with E-state index in [1.807, 2.05) is 19.9 Å². The van der Waals surface area contributed by atoms with Crippen molar-refractivity contribution >= 4 is 12.1 Å². The maximum Gasteiger partial charge on any atom is 0.252 e. The Labute approximate surface area is 128 Å². The molecule has 0 saturated heterocycles. The van der Waals surface area contributed by atoms with Gasteiger partial charge in [-0.2, -0.15) is 10.4 Å². The number of aromatic nitrogens is 1. The van der Waals surface area contributed by atoms with Crippen molar-refractivity contribution in [3.63, 3.8) is 0 Å². The van der Waals surface area contributed by atoms with Gasteiger partial charge in [0, 0.05) is 11.5 Å². The smallest absolute Gasteiger partial charge is 0.252 e. The zero-order valence-electron chi connectivity index (χ0n) is 12.5. The summed E-state index contributed by atoms with van der Waals surface area (Å²) in [7, 11) is 0. The van der Waals surface area contributed by atoms with Crippen LogP contribution in [0.2, 0.25) is 0 Å². The van der Waals surface area contributed by atoms with Crippen molar-refractivity contribution in [2.75, 3.05) is 5.43 Å². The van der Waals surface area contributed by atoms with Gasteiger partial charge < -0.3 is 4.42 Å². The van der Waals surface area contributed by atoms with E-state index < -0.39 is 0 Å². The third kappa shape index (κ3) is 3.50. The number of rotatable bonds is 6. The van der Waals surface area contributed by atoms with Crippen molar-refractivity contribution in [3.8, 4) is 6.07 Å². The summed E-state index contributed by atoms with van der Waals surface area (Å²) in [4.78, 5) is 4.18. The molecule has 0 radical (unpaired) electrons. The number of nitriles is 1. The van der Waals surface area contributed by atoms with E-state index in [0.717, 1.165) is 12.8 Å². The fraction of sp³-hybridized carbons (Fsp3) is 0.312. The topological polar surface area (TPSA) is 74.2 Å². The Morgan fingerprint density at radius 1 is 1.41 bits per heavy atom. The van der Waals surface area contributed by atoms with E-state index in [1.165, 1.54) is 12.3 Å². The predicted molar refractivity (Wildman–Crippen MR) is 82.2 cm³/mol. The molecule has 0 aliphatic rings. The number of anilines is 1. The number of halogens is 1. The van der Waals surface area contributed by atoms with Gasteiger partial charge in [0.2, 0.25) is 11.6 Å². The van der Waals surface area contributed by atoms with Gasteiger partial charge in [-0.1, -0.05) is 32.0 Å². The summed E-state index contributed by atoms with van der Waals surface area (Å²) in [6.45, 7) is 4.07. The SMILES string of the molecule is CCC(CC)c1nc(C#N)c(N/N=C/c2ccccc2F)o1. The minimum absolute atomic E-state index is 0.146. The molecule has 1 aromatic heterocycles. The van der Waals surface area contributed by atoms with E-state index in [2.05, 4.69) is 15.5 Å². The molecule has 2 aromatic rings. The van der Waals surface area contributed by atoms with Gasteiger partial charge in [0.05, 0.1) is 6.21 Å². The van der Waals surface area contributed by atoms with E-state index in [9.17, 15) is 4.39 Å². The normalized spacial score (nSPS) is 11.0. The highest BCUT2D eigenvalue weighted by Crippen LogP contribution is 2.27. The molecule has 5 nitrogen and oxygen atoms in total. The van der Waals surface area contributed by atoms with Gasteiger partial charge in [0.25, 0.3) is 5.88 Å². The number of oxazole rings is 1. The van der Waals surface area contributed by atoms with Crippen LogP contribution in [0.4, 0.5) is 10.3 Å². The first-order valence-corrected chi connectivity index (χ1v) is 7.14. The Bertz CT molecular complexity index is 698. The van der Waals surface area contributed by atoms with Crippen molar-refractivity contribution in [2.45, 2.75) is 32.6 Å². The summed E-state index contributed by atoms with van der Waals surface area (Å²) in [6, 6.07) is 8.23. The first kappa shape index (κ1) is 15.7. The minimum Gasteiger partial charge on any atom is -0.422 e. The van der Waals surface area contributed by atoms with Gasteiger partial charge in [-0.05, 0) is 18.9 Å². The first-order valence-electron chi connectivity index (χ1n) is 7.14. The second-order valence-electron chi connectivity index (χ2n) is 4.75. The van der Waals surface area contributed by atoms with Crippen LogP contribution in [0.3, 0.4) is 0 Å². The quantitative estimate of drug-likeness (QED) is 0.645. The van der Waals surface area contributed by atoms with Crippen molar-refractivity contribution in [1.82, 2.24) is 4.98 Å². The molecule has 0 saturated carbocycles. The van der Waals surface area contributed by atoms with Crippen LogP contribution in [0.1, 0.15) is 49.8 Å². The number of hydrogen-bond acceptors (Lipinski definition) is 5. The monoisotopic (exact) mass is 300 g/mol. The highest BCUT2D eigenvalue weighted by molar-refractivity contribution is 5.80. The molecular formula is C16H17FN4O. The van der Waals surface area contributed by atoms with Gasteiger partial charge in [0.1, 0.15) is 11.9 Å². The first-order chi connectivity index (χ1) is 10.7. The lowest BCUT2D eigenvalue weighted by Crippen LogP contribution is -1.95. The van der Waals surface area contributed by atoms with Crippen molar-refractivity contribution in [1.29, 1.82) is 5.26 Å². The van der Waals surface area contributed by atoms with E-state index >= 15 is 0 Å². The van der Waals surface area contributed by atoms with Crippen LogP contribution in [-0.4, -0.2) is 11.2 Å². The Morgan fingerprint density at radius 3 is 2.77 bits per heavy atom. The average molecular weight is 300 g/mol. The largest absolute Gasteiger partial charge is 0.422 e. The van der Waals surface area contributed by atoms with Crippen LogP contribution in [-0.2, 0) is 0 Å². The molecule has 0 aliphatic heterocycles. The van der Waals surface area contributed by atoms with Crippen LogP contribution in [0.5, 0.6) is 0 Å². The van der Waals surface area contributed by atoms with Crippen LogP contribution < -0.4 is 5.43 Å². The Hall–Kier alpha value is -2.68. The summed E-state index contributed by atoms with van der Waals surface area (Å²) < 4.78 is 19.0. The van der Waals surface area contributed by atoms with Crippen LogP contribution in [0.25, 0.3) is 0 Å². The molecule has 1 N–H and O–H groups in total. The molecule has 22 heavy (non-hydrogen) atoms. The molecular weight excluding hydrogens is 283 g/mol. The molecule has 0 atom stereocenters. The third-order valence-corrected chi connectivity index (χ3v) is 3.36. The second-order valence-corrected chi connectivity index (χ2v) is 4.75. The average Bonchev–Trinajstić information content (AvgIpc) is 2.93. The zero-order valence-corrected chi connectivity index (χ0v) is 12.5. The molecule has 0 aliphatic carbocycles. The zero-order chi connectivity index (χ0) is 15.9. The highest BCUT2D eigenvalue weighted by Gasteiger charge is 2.18. The maximum atomic E-state index is 13.5. The number of benzene rings is 1. The molecule has 114 valence electrons.